The van der Waals surface area contributed by atoms with Crippen molar-refractivity contribution >= 4 is 5.91 Å². The molecular formula is C10H16N2O. The molecule has 0 aliphatic carbocycles. The summed E-state index contributed by atoms with van der Waals surface area (Å²) in [5.41, 5.74) is 5.81. The van der Waals surface area contributed by atoms with Crippen LogP contribution in [0.4, 0.5) is 0 Å². The van der Waals surface area contributed by atoms with Gasteiger partial charge in [-0.25, -0.2) is 0 Å². The van der Waals surface area contributed by atoms with Gasteiger partial charge in [0, 0.05) is 19.1 Å². The number of hydrogen-bond donors (Lipinski definition) is 1. The van der Waals surface area contributed by atoms with E-state index in [1.165, 1.54) is 0 Å². The molecule has 0 bridgehead atoms. The molecule has 2 N–H and O–H groups in total. The first-order chi connectivity index (χ1) is 6.13. The van der Waals surface area contributed by atoms with Crippen LogP contribution in [0.1, 0.15) is 20.3 Å². The third-order valence-corrected chi connectivity index (χ3v) is 2.21. The lowest BCUT2D eigenvalue weighted by Gasteiger charge is -2.33. The van der Waals surface area contributed by atoms with Crippen LogP contribution in [-0.4, -0.2) is 29.9 Å². The molecule has 0 spiro atoms. The van der Waals surface area contributed by atoms with Crippen LogP contribution in [-0.2, 0) is 4.79 Å². The van der Waals surface area contributed by atoms with Crippen molar-refractivity contribution in [3.63, 3.8) is 0 Å². The maximum Gasteiger partial charge on any atom is 0.298 e. The molecule has 1 rings (SSSR count). The van der Waals surface area contributed by atoms with Crippen LogP contribution < -0.4 is 5.73 Å². The second-order valence-electron chi connectivity index (χ2n) is 3.69. The summed E-state index contributed by atoms with van der Waals surface area (Å²) < 4.78 is 0. The largest absolute Gasteiger partial charge is 0.330 e. The van der Waals surface area contributed by atoms with Gasteiger partial charge in [-0.1, -0.05) is 12.8 Å². The van der Waals surface area contributed by atoms with E-state index in [4.69, 9.17) is 5.73 Å². The van der Waals surface area contributed by atoms with E-state index < -0.39 is 0 Å². The molecule has 2 atom stereocenters. The Balaban J connectivity index is 2.58. The number of nitrogens with two attached hydrogens (primary N) is 1. The Labute approximate surface area is 79.3 Å². The fourth-order valence-corrected chi connectivity index (χ4v) is 1.75. The first-order valence-electron chi connectivity index (χ1n) is 4.60. The SMILES string of the molecule is CC#CC(=O)N1CC(C)CC(N)C1. The Morgan fingerprint density at radius 2 is 2.23 bits per heavy atom. The van der Waals surface area contributed by atoms with Gasteiger partial charge >= 0.3 is 0 Å². The second kappa shape index (κ2) is 4.29. The molecule has 1 amide bonds. The van der Waals surface area contributed by atoms with E-state index >= 15 is 0 Å². The highest BCUT2D eigenvalue weighted by Gasteiger charge is 2.24. The van der Waals surface area contributed by atoms with Crippen molar-refractivity contribution in [2.24, 2.45) is 11.7 Å². The number of likely N-dealkylation sites (tertiary alicyclic amines) is 1. The zero-order chi connectivity index (χ0) is 9.84. The predicted molar refractivity (Wildman–Crippen MR) is 51.8 cm³/mol. The number of hydrogen-bond acceptors (Lipinski definition) is 2. The average Bonchev–Trinajstić information content (AvgIpc) is 2.03. The summed E-state index contributed by atoms with van der Waals surface area (Å²) in [5, 5.41) is 0. The Hall–Kier alpha value is -1.01. The van der Waals surface area contributed by atoms with Gasteiger partial charge in [0.1, 0.15) is 0 Å². The average molecular weight is 180 g/mol. The number of carbonyl (C=O) groups is 1. The summed E-state index contributed by atoms with van der Waals surface area (Å²) >= 11 is 0. The molecule has 2 unspecified atom stereocenters. The number of nitrogens with zero attached hydrogens (tertiary/aromatic N) is 1. The summed E-state index contributed by atoms with van der Waals surface area (Å²) in [4.78, 5) is 13.1. The standard InChI is InChI=1S/C10H16N2O/c1-3-4-10(13)12-6-8(2)5-9(11)7-12/h8-9H,5-7,11H2,1-2H3. The van der Waals surface area contributed by atoms with Crippen molar-refractivity contribution in [2.45, 2.75) is 26.3 Å². The number of amides is 1. The molecule has 0 saturated carbocycles. The minimum Gasteiger partial charge on any atom is -0.330 e. The highest BCUT2D eigenvalue weighted by atomic mass is 16.2. The smallest absolute Gasteiger partial charge is 0.298 e. The van der Waals surface area contributed by atoms with Crippen molar-refractivity contribution in [1.29, 1.82) is 0 Å². The molecule has 3 nitrogen and oxygen atoms in total. The predicted octanol–water partition coefficient (Wildman–Crippen LogP) is 0.205. The molecular weight excluding hydrogens is 164 g/mol. The molecule has 1 saturated heterocycles. The van der Waals surface area contributed by atoms with Crippen molar-refractivity contribution in [3.05, 3.63) is 0 Å². The summed E-state index contributed by atoms with van der Waals surface area (Å²) in [6, 6.07) is 0.117. The summed E-state index contributed by atoms with van der Waals surface area (Å²) in [6.45, 7) is 5.23. The number of rotatable bonds is 0. The zero-order valence-electron chi connectivity index (χ0n) is 8.21. The van der Waals surface area contributed by atoms with E-state index in [1.54, 1.807) is 11.8 Å². The lowest BCUT2D eigenvalue weighted by Crippen LogP contribution is -2.48. The van der Waals surface area contributed by atoms with Crippen LogP contribution in [0.25, 0.3) is 0 Å². The Morgan fingerprint density at radius 1 is 1.54 bits per heavy atom. The van der Waals surface area contributed by atoms with Crippen molar-refractivity contribution in [2.75, 3.05) is 13.1 Å². The minimum atomic E-state index is -0.0931. The van der Waals surface area contributed by atoms with Crippen molar-refractivity contribution in [3.8, 4) is 11.8 Å². The van der Waals surface area contributed by atoms with E-state index in [0.717, 1.165) is 13.0 Å². The van der Waals surface area contributed by atoms with Crippen LogP contribution in [0.15, 0.2) is 0 Å². The van der Waals surface area contributed by atoms with Gasteiger partial charge in [0.25, 0.3) is 5.91 Å². The molecule has 13 heavy (non-hydrogen) atoms. The second-order valence-corrected chi connectivity index (χ2v) is 3.69. The van der Waals surface area contributed by atoms with Gasteiger partial charge in [-0.05, 0) is 25.2 Å². The summed E-state index contributed by atoms with van der Waals surface area (Å²) in [6.07, 6.45) is 1.00. The fraction of sp³-hybridized carbons (Fsp3) is 0.700. The van der Waals surface area contributed by atoms with Crippen LogP contribution in [0.2, 0.25) is 0 Å². The van der Waals surface area contributed by atoms with Crippen LogP contribution in [0.5, 0.6) is 0 Å². The van der Waals surface area contributed by atoms with Gasteiger partial charge in [-0.3, -0.25) is 4.79 Å². The number of carbonyl (C=O) groups excluding carboxylic acids is 1. The van der Waals surface area contributed by atoms with Gasteiger partial charge in [0.2, 0.25) is 0 Å². The van der Waals surface area contributed by atoms with Crippen LogP contribution >= 0.6 is 0 Å². The third kappa shape index (κ3) is 2.74. The zero-order valence-corrected chi connectivity index (χ0v) is 8.21. The van der Waals surface area contributed by atoms with Gasteiger partial charge in [0.05, 0.1) is 0 Å². The molecule has 3 heteroatoms. The van der Waals surface area contributed by atoms with Crippen LogP contribution in [0.3, 0.4) is 0 Å². The first-order valence-corrected chi connectivity index (χ1v) is 4.60. The first kappa shape index (κ1) is 10.1. The minimum absolute atomic E-state index is 0.0931. The molecule has 1 fully saturated rings. The Kier molecular flexibility index (Phi) is 3.32. The van der Waals surface area contributed by atoms with Crippen molar-refractivity contribution < 1.29 is 4.79 Å². The number of piperidine rings is 1. The quantitative estimate of drug-likeness (QED) is 0.541. The fourth-order valence-electron chi connectivity index (χ4n) is 1.75. The lowest BCUT2D eigenvalue weighted by atomic mass is 9.96. The topological polar surface area (TPSA) is 46.3 Å². The van der Waals surface area contributed by atoms with Crippen LogP contribution in [0, 0.1) is 17.8 Å². The van der Waals surface area contributed by atoms with E-state index in [-0.39, 0.29) is 11.9 Å². The molecule has 0 aromatic carbocycles. The highest BCUT2D eigenvalue weighted by Crippen LogP contribution is 2.14. The lowest BCUT2D eigenvalue weighted by molar-refractivity contribution is -0.127. The normalized spacial score (nSPS) is 27.8. The molecule has 0 aromatic rings. The highest BCUT2D eigenvalue weighted by molar-refractivity contribution is 5.93. The van der Waals surface area contributed by atoms with Gasteiger partial charge in [-0.15, -0.1) is 0 Å². The monoisotopic (exact) mass is 180 g/mol. The summed E-state index contributed by atoms with van der Waals surface area (Å²) in [7, 11) is 0. The molecule has 72 valence electrons. The van der Waals surface area contributed by atoms with Crippen molar-refractivity contribution in [1.82, 2.24) is 4.90 Å². The molecule has 1 heterocycles. The van der Waals surface area contributed by atoms with Gasteiger partial charge < -0.3 is 10.6 Å². The Morgan fingerprint density at radius 3 is 2.77 bits per heavy atom. The summed E-state index contributed by atoms with van der Waals surface area (Å²) in [5.74, 6) is 5.55. The molecule has 0 aromatic heterocycles. The van der Waals surface area contributed by atoms with Gasteiger partial charge in [0.15, 0.2) is 0 Å². The van der Waals surface area contributed by atoms with E-state index in [9.17, 15) is 4.79 Å². The maximum absolute atomic E-state index is 11.4. The molecule has 1 aliphatic heterocycles. The van der Waals surface area contributed by atoms with E-state index in [1.807, 2.05) is 0 Å². The maximum atomic E-state index is 11.4. The molecule has 0 radical (unpaired) electrons. The molecule has 1 aliphatic rings. The van der Waals surface area contributed by atoms with Gasteiger partial charge in [-0.2, -0.15) is 0 Å². The third-order valence-electron chi connectivity index (χ3n) is 2.21. The Bertz CT molecular complexity index is 241. The van der Waals surface area contributed by atoms with E-state index in [2.05, 4.69) is 18.8 Å². The van der Waals surface area contributed by atoms with E-state index in [0.29, 0.717) is 12.5 Å².